The van der Waals surface area contributed by atoms with Crippen molar-refractivity contribution in [1.29, 1.82) is 0 Å². The molecule has 1 aromatic rings. The molecule has 2 atom stereocenters. The zero-order chi connectivity index (χ0) is 9.97. The minimum absolute atomic E-state index is 0.0162. The molecule has 1 unspecified atom stereocenters. The number of rotatable bonds is 2. The van der Waals surface area contributed by atoms with Gasteiger partial charge in [0.1, 0.15) is 12.0 Å². The molecule has 14 heavy (non-hydrogen) atoms. The Labute approximate surface area is 81.8 Å². The fourth-order valence-corrected chi connectivity index (χ4v) is 1.61. The van der Waals surface area contributed by atoms with Gasteiger partial charge < -0.3 is 15.2 Å². The maximum absolute atomic E-state index is 11.6. The first kappa shape index (κ1) is 9.21. The van der Waals surface area contributed by atoms with E-state index in [0.29, 0.717) is 11.6 Å². The normalized spacial score (nSPS) is 26.4. The zero-order valence-corrected chi connectivity index (χ0v) is 7.99. The average Bonchev–Trinajstić information content (AvgIpc) is 2.75. The molecule has 1 aromatic heterocycles. The monoisotopic (exact) mass is 195 g/mol. The summed E-state index contributed by atoms with van der Waals surface area (Å²) in [4.78, 5) is 11.6. The van der Waals surface area contributed by atoms with Gasteiger partial charge in [0.25, 0.3) is 0 Å². The number of anilines is 1. The highest BCUT2D eigenvalue weighted by molar-refractivity contribution is 5.94. The van der Waals surface area contributed by atoms with Crippen molar-refractivity contribution in [1.82, 2.24) is 10.5 Å². The first-order valence-electron chi connectivity index (χ1n) is 4.69. The van der Waals surface area contributed by atoms with Crippen LogP contribution in [0, 0.1) is 5.92 Å². The molecule has 0 aliphatic carbocycles. The van der Waals surface area contributed by atoms with Gasteiger partial charge in [-0.3, -0.25) is 4.79 Å². The van der Waals surface area contributed by atoms with Gasteiger partial charge in [-0.15, -0.1) is 0 Å². The predicted molar refractivity (Wildman–Crippen MR) is 50.7 cm³/mol. The Balaban J connectivity index is 1.90. The third kappa shape index (κ3) is 1.93. The van der Waals surface area contributed by atoms with Crippen molar-refractivity contribution in [3.63, 3.8) is 0 Å². The number of carbonyl (C=O) groups is 1. The van der Waals surface area contributed by atoms with E-state index in [2.05, 4.69) is 27.2 Å². The van der Waals surface area contributed by atoms with Gasteiger partial charge in [0, 0.05) is 0 Å². The van der Waals surface area contributed by atoms with Crippen molar-refractivity contribution >= 4 is 11.6 Å². The molecule has 0 radical (unpaired) electrons. The summed E-state index contributed by atoms with van der Waals surface area (Å²) in [5, 5.41) is 9.39. The number of hydrogen-bond acceptors (Lipinski definition) is 4. The van der Waals surface area contributed by atoms with Gasteiger partial charge in [0.05, 0.1) is 12.2 Å². The summed E-state index contributed by atoms with van der Waals surface area (Å²) in [6.07, 6.45) is 3.78. The molecule has 2 N–H and O–H groups in total. The van der Waals surface area contributed by atoms with Gasteiger partial charge >= 0.3 is 0 Å². The van der Waals surface area contributed by atoms with E-state index in [1.54, 1.807) is 0 Å². The number of amides is 1. The minimum Gasteiger partial charge on any atom is -0.363 e. The SMILES string of the molecule is CC1CN[C@H](C(=O)Nc2cnoc2)C1. The molecule has 1 fully saturated rings. The fraction of sp³-hybridized carbons (Fsp3) is 0.556. The van der Waals surface area contributed by atoms with Crippen molar-refractivity contribution in [2.24, 2.45) is 5.92 Å². The molecule has 0 saturated carbocycles. The fourth-order valence-electron chi connectivity index (χ4n) is 1.61. The second-order valence-electron chi connectivity index (χ2n) is 3.70. The second-order valence-corrected chi connectivity index (χ2v) is 3.70. The lowest BCUT2D eigenvalue weighted by Crippen LogP contribution is -2.35. The molecule has 2 rings (SSSR count). The standard InChI is InChI=1S/C9H13N3O2/c1-6-2-8(10-3-6)9(13)12-7-4-11-14-5-7/h4-6,8,10H,2-3H2,1H3,(H,12,13)/t6?,8-/m0/s1. The number of hydrogen-bond donors (Lipinski definition) is 2. The van der Waals surface area contributed by atoms with Crippen LogP contribution in [0.25, 0.3) is 0 Å². The highest BCUT2D eigenvalue weighted by Gasteiger charge is 2.26. The summed E-state index contributed by atoms with van der Waals surface area (Å²) in [5.41, 5.74) is 0.608. The summed E-state index contributed by atoms with van der Waals surface area (Å²) in [7, 11) is 0. The van der Waals surface area contributed by atoms with E-state index in [0.717, 1.165) is 13.0 Å². The maximum Gasteiger partial charge on any atom is 0.241 e. The van der Waals surface area contributed by atoms with Crippen molar-refractivity contribution in [2.75, 3.05) is 11.9 Å². The summed E-state index contributed by atoms with van der Waals surface area (Å²) in [6, 6.07) is -0.0834. The molecule has 1 saturated heterocycles. The third-order valence-corrected chi connectivity index (χ3v) is 2.37. The van der Waals surface area contributed by atoms with E-state index in [1.807, 2.05) is 0 Å². The van der Waals surface area contributed by atoms with Crippen LogP contribution in [-0.2, 0) is 4.79 Å². The molecule has 1 aliphatic rings. The predicted octanol–water partition coefficient (Wildman–Crippen LogP) is 0.611. The highest BCUT2D eigenvalue weighted by atomic mass is 16.5. The Hall–Kier alpha value is -1.36. The minimum atomic E-state index is -0.0834. The van der Waals surface area contributed by atoms with Crippen LogP contribution in [0.15, 0.2) is 17.0 Å². The molecule has 0 spiro atoms. The summed E-state index contributed by atoms with van der Waals surface area (Å²) in [5.74, 6) is 0.547. The molecule has 5 heteroatoms. The van der Waals surface area contributed by atoms with Crippen LogP contribution >= 0.6 is 0 Å². The molecule has 1 aliphatic heterocycles. The third-order valence-electron chi connectivity index (χ3n) is 2.37. The van der Waals surface area contributed by atoms with Crippen LogP contribution in [0.2, 0.25) is 0 Å². The zero-order valence-electron chi connectivity index (χ0n) is 7.99. The van der Waals surface area contributed by atoms with Crippen LogP contribution in [0.3, 0.4) is 0 Å². The Bertz CT molecular complexity index is 310. The van der Waals surface area contributed by atoms with Crippen molar-refractivity contribution < 1.29 is 9.32 Å². The lowest BCUT2D eigenvalue weighted by atomic mass is 10.1. The topological polar surface area (TPSA) is 67.2 Å². The van der Waals surface area contributed by atoms with Gasteiger partial charge in [-0.1, -0.05) is 12.1 Å². The van der Waals surface area contributed by atoms with Crippen LogP contribution in [0.1, 0.15) is 13.3 Å². The van der Waals surface area contributed by atoms with E-state index in [-0.39, 0.29) is 11.9 Å². The first-order valence-corrected chi connectivity index (χ1v) is 4.69. The average molecular weight is 195 g/mol. The van der Waals surface area contributed by atoms with Crippen LogP contribution in [-0.4, -0.2) is 23.7 Å². The summed E-state index contributed by atoms with van der Waals surface area (Å²) in [6.45, 7) is 3.03. The molecular weight excluding hydrogens is 182 g/mol. The van der Waals surface area contributed by atoms with Gasteiger partial charge in [-0.05, 0) is 18.9 Å². The molecule has 2 heterocycles. The lowest BCUT2D eigenvalue weighted by Gasteiger charge is -2.08. The van der Waals surface area contributed by atoms with Crippen LogP contribution in [0.5, 0.6) is 0 Å². The molecule has 1 amide bonds. The van der Waals surface area contributed by atoms with Gasteiger partial charge in [-0.2, -0.15) is 0 Å². The molecule has 0 aromatic carbocycles. The van der Waals surface area contributed by atoms with Crippen molar-refractivity contribution in [2.45, 2.75) is 19.4 Å². The van der Waals surface area contributed by atoms with Crippen molar-refractivity contribution in [3.8, 4) is 0 Å². The van der Waals surface area contributed by atoms with E-state index >= 15 is 0 Å². The van der Waals surface area contributed by atoms with Gasteiger partial charge in [0.15, 0.2) is 0 Å². The van der Waals surface area contributed by atoms with Gasteiger partial charge in [-0.25, -0.2) is 0 Å². The van der Waals surface area contributed by atoms with E-state index in [9.17, 15) is 4.79 Å². The van der Waals surface area contributed by atoms with Crippen molar-refractivity contribution in [3.05, 3.63) is 12.5 Å². The largest absolute Gasteiger partial charge is 0.363 e. The first-order chi connectivity index (χ1) is 6.75. The van der Waals surface area contributed by atoms with E-state index in [4.69, 9.17) is 0 Å². The van der Waals surface area contributed by atoms with E-state index in [1.165, 1.54) is 12.5 Å². The number of nitrogens with zero attached hydrogens (tertiary/aromatic N) is 1. The number of nitrogens with one attached hydrogen (secondary N) is 2. The quantitative estimate of drug-likeness (QED) is 0.725. The Morgan fingerprint density at radius 2 is 2.64 bits per heavy atom. The summed E-state index contributed by atoms with van der Waals surface area (Å²) < 4.78 is 4.61. The second kappa shape index (κ2) is 3.79. The Morgan fingerprint density at radius 1 is 1.79 bits per heavy atom. The number of aromatic nitrogens is 1. The summed E-state index contributed by atoms with van der Waals surface area (Å²) >= 11 is 0. The Morgan fingerprint density at radius 3 is 3.21 bits per heavy atom. The Kier molecular flexibility index (Phi) is 2.49. The molecule has 5 nitrogen and oxygen atoms in total. The smallest absolute Gasteiger partial charge is 0.241 e. The molecule has 76 valence electrons. The molecular formula is C9H13N3O2. The maximum atomic E-state index is 11.6. The van der Waals surface area contributed by atoms with E-state index < -0.39 is 0 Å². The number of carbonyl (C=O) groups excluding carboxylic acids is 1. The molecule has 0 bridgehead atoms. The van der Waals surface area contributed by atoms with Crippen LogP contribution in [0.4, 0.5) is 5.69 Å². The lowest BCUT2D eigenvalue weighted by molar-refractivity contribution is -0.117. The van der Waals surface area contributed by atoms with Gasteiger partial charge in [0.2, 0.25) is 5.91 Å². The highest BCUT2D eigenvalue weighted by Crippen LogP contribution is 2.14. The van der Waals surface area contributed by atoms with Crippen LogP contribution < -0.4 is 10.6 Å².